The maximum absolute atomic E-state index is 13.0. The summed E-state index contributed by atoms with van der Waals surface area (Å²) in [6.45, 7) is 2.38. The van der Waals surface area contributed by atoms with Crippen LogP contribution in [0.3, 0.4) is 0 Å². The van der Waals surface area contributed by atoms with E-state index in [1.165, 1.54) is 12.1 Å². The van der Waals surface area contributed by atoms with Crippen molar-refractivity contribution in [3.63, 3.8) is 0 Å². The second kappa shape index (κ2) is 9.35. The Hall–Kier alpha value is -2.48. The Morgan fingerprint density at radius 1 is 1.17 bits per heavy atom. The van der Waals surface area contributed by atoms with Crippen LogP contribution >= 0.6 is 0 Å². The minimum Gasteiger partial charge on any atom is -0.493 e. The van der Waals surface area contributed by atoms with Crippen LogP contribution in [0.5, 0.6) is 5.75 Å². The highest BCUT2D eigenvalue weighted by Crippen LogP contribution is 2.32. The molecule has 8 heteroatoms. The largest absolute Gasteiger partial charge is 0.493 e. The van der Waals surface area contributed by atoms with Crippen molar-refractivity contribution in [2.24, 2.45) is 5.92 Å². The zero-order valence-electron chi connectivity index (χ0n) is 16.4. The van der Waals surface area contributed by atoms with Crippen molar-refractivity contribution in [3.05, 3.63) is 41.8 Å². The van der Waals surface area contributed by atoms with Crippen LogP contribution in [0.4, 0.5) is 4.39 Å². The van der Waals surface area contributed by atoms with Crippen molar-refractivity contribution in [3.8, 4) is 5.75 Å². The lowest BCUT2D eigenvalue weighted by Crippen LogP contribution is -2.43. The van der Waals surface area contributed by atoms with Gasteiger partial charge in [0.15, 0.2) is 5.82 Å². The van der Waals surface area contributed by atoms with Gasteiger partial charge in [0.05, 0.1) is 6.61 Å². The molecule has 29 heavy (non-hydrogen) atoms. The number of carbonyl (C=O) groups is 1. The lowest BCUT2D eigenvalue weighted by Gasteiger charge is -2.36. The molecular formula is C21H26FN3O4. The second-order valence-corrected chi connectivity index (χ2v) is 7.53. The average molecular weight is 403 g/mol. The third kappa shape index (κ3) is 4.93. The fraction of sp³-hybridized carbons (Fsp3) is 0.571. The first-order valence-corrected chi connectivity index (χ1v) is 10.3. The molecule has 0 saturated carbocycles. The topological polar surface area (TPSA) is 77.7 Å². The Morgan fingerprint density at radius 2 is 1.97 bits per heavy atom. The maximum atomic E-state index is 13.0. The Morgan fingerprint density at radius 3 is 2.76 bits per heavy atom. The molecule has 0 radical (unpaired) electrons. The molecule has 2 aromatic rings. The van der Waals surface area contributed by atoms with Gasteiger partial charge in [0.25, 0.3) is 0 Å². The summed E-state index contributed by atoms with van der Waals surface area (Å²) in [4.78, 5) is 19.5. The van der Waals surface area contributed by atoms with Gasteiger partial charge < -0.3 is 18.9 Å². The van der Waals surface area contributed by atoms with Crippen molar-refractivity contribution in [2.45, 2.75) is 44.6 Å². The fourth-order valence-electron chi connectivity index (χ4n) is 3.93. The van der Waals surface area contributed by atoms with Crippen LogP contribution in [-0.2, 0) is 16.0 Å². The first-order chi connectivity index (χ1) is 14.2. The van der Waals surface area contributed by atoms with Gasteiger partial charge in [-0.2, -0.15) is 4.98 Å². The normalized spacial score (nSPS) is 20.6. The number of nitrogens with zero attached hydrogens (tertiary/aromatic N) is 3. The van der Waals surface area contributed by atoms with Crippen molar-refractivity contribution in [1.82, 2.24) is 15.0 Å². The zero-order chi connectivity index (χ0) is 20.1. The number of ether oxygens (including phenoxy) is 2. The molecule has 1 amide bonds. The quantitative estimate of drug-likeness (QED) is 0.736. The minimum absolute atomic E-state index is 0.0239. The number of hydrogen-bond donors (Lipinski definition) is 0. The van der Waals surface area contributed by atoms with E-state index in [9.17, 15) is 9.18 Å². The molecule has 1 aromatic carbocycles. The van der Waals surface area contributed by atoms with Gasteiger partial charge in [-0.3, -0.25) is 4.79 Å². The number of hydrogen-bond acceptors (Lipinski definition) is 6. The molecule has 4 rings (SSSR count). The summed E-state index contributed by atoms with van der Waals surface area (Å²) >= 11 is 0. The summed E-state index contributed by atoms with van der Waals surface area (Å²) in [6.07, 6.45) is 4.89. The molecule has 7 nitrogen and oxygen atoms in total. The third-order valence-corrected chi connectivity index (χ3v) is 5.53. The van der Waals surface area contributed by atoms with Crippen LogP contribution in [0.25, 0.3) is 0 Å². The summed E-state index contributed by atoms with van der Waals surface area (Å²) in [7, 11) is 0. The summed E-state index contributed by atoms with van der Waals surface area (Å²) in [5.74, 6) is 1.55. The number of rotatable bonds is 6. The van der Waals surface area contributed by atoms with Crippen LogP contribution in [0, 0.1) is 11.7 Å². The number of halogens is 1. The van der Waals surface area contributed by atoms with E-state index in [4.69, 9.17) is 14.0 Å². The van der Waals surface area contributed by atoms with Crippen molar-refractivity contribution in [1.29, 1.82) is 0 Å². The van der Waals surface area contributed by atoms with E-state index >= 15 is 0 Å². The molecule has 0 spiro atoms. The lowest BCUT2D eigenvalue weighted by molar-refractivity contribution is -0.143. The molecule has 1 unspecified atom stereocenters. The van der Waals surface area contributed by atoms with Gasteiger partial charge in [0.1, 0.15) is 17.6 Å². The van der Waals surface area contributed by atoms with Gasteiger partial charge in [0.2, 0.25) is 11.8 Å². The molecular weight excluding hydrogens is 377 g/mol. The molecule has 0 aliphatic carbocycles. The van der Waals surface area contributed by atoms with Crippen LogP contribution in [0.1, 0.15) is 49.9 Å². The maximum Gasteiger partial charge on any atom is 0.249 e. The van der Waals surface area contributed by atoms with Crippen LogP contribution in [-0.4, -0.2) is 47.3 Å². The highest BCUT2D eigenvalue weighted by atomic mass is 19.1. The smallest absolute Gasteiger partial charge is 0.249 e. The lowest BCUT2D eigenvalue weighted by atomic mass is 9.94. The Bertz CT molecular complexity index is 805. The minimum atomic E-state index is -0.299. The Balaban J connectivity index is 1.36. The van der Waals surface area contributed by atoms with Gasteiger partial charge in [-0.05, 0) is 56.4 Å². The summed E-state index contributed by atoms with van der Waals surface area (Å²) in [5, 5.41) is 4.06. The first kappa shape index (κ1) is 19.8. The summed E-state index contributed by atoms with van der Waals surface area (Å²) in [6, 6.07) is 5.72. The molecule has 2 saturated heterocycles. The van der Waals surface area contributed by atoms with Gasteiger partial charge in [-0.15, -0.1) is 0 Å². The van der Waals surface area contributed by atoms with Crippen molar-refractivity contribution >= 4 is 5.91 Å². The molecule has 0 N–H and O–H groups in total. The number of likely N-dealkylation sites (tertiary alicyclic amines) is 1. The van der Waals surface area contributed by atoms with E-state index in [0.717, 1.165) is 38.6 Å². The number of amides is 1. The van der Waals surface area contributed by atoms with E-state index in [2.05, 4.69) is 10.1 Å². The molecule has 2 aliphatic heterocycles. The van der Waals surface area contributed by atoms with Crippen molar-refractivity contribution in [2.75, 3.05) is 26.4 Å². The number of benzene rings is 1. The van der Waals surface area contributed by atoms with Crippen LogP contribution in [0.15, 0.2) is 28.8 Å². The third-order valence-electron chi connectivity index (χ3n) is 5.53. The fourth-order valence-corrected chi connectivity index (χ4v) is 3.93. The van der Waals surface area contributed by atoms with E-state index in [-0.39, 0.29) is 23.7 Å². The molecule has 2 aliphatic rings. The number of carbonyl (C=O) groups excluding carboxylic acids is 1. The SMILES string of the molecule is O=C(C1CCOCC1)N1CCCCC1c1nc(CCOc2ccc(F)cc2)no1. The molecule has 156 valence electrons. The summed E-state index contributed by atoms with van der Waals surface area (Å²) < 4.78 is 29.4. The van der Waals surface area contributed by atoms with Crippen LogP contribution in [0.2, 0.25) is 0 Å². The molecule has 3 heterocycles. The monoisotopic (exact) mass is 403 g/mol. The number of piperidine rings is 1. The van der Waals surface area contributed by atoms with E-state index in [1.807, 2.05) is 4.90 Å². The zero-order valence-corrected chi connectivity index (χ0v) is 16.4. The van der Waals surface area contributed by atoms with Gasteiger partial charge in [0, 0.05) is 32.1 Å². The molecule has 1 aromatic heterocycles. The highest BCUT2D eigenvalue weighted by Gasteiger charge is 2.35. The van der Waals surface area contributed by atoms with E-state index in [0.29, 0.717) is 43.7 Å². The standard InChI is InChI=1S/C21H26FN3O4/c22-16-4-6-17(7-5-16)28-14-10-19-23-20(29-24-19)18-3-1-2-11-25(18)21(26)15-8-12-27-13-9-15/h4-7,15,18H,1-3,8-14H2. The Labute approximate surface area is 169 Å². The molecule has 1 atom stereocenters. The first-order valence-electron chi connectivity index (χ1n) is 10.3. The van der Waals surface area contributed by atoms with E-state index in [1.54, 1.807) is 12.1 Å². The average Bonchev–Trinajstić information content (AvgIpc) is 3.24. The summed E-state index contributed by atoms with van der Waals surface area (Å²) in [5.41, 5.74) is 0. The predicted molar refractivity (Wildman–Crippen MR) is 102 cm³/mol. The van der Waals surface area contributed by atoms with E-state index < -0.39 is 0 Å². The predicted octanol–water partition coefficient (Wildman–Crippen LogP) is 3.31. The van der Waals surface area contributed by atoms with Gasteiger partial charge in [-0.1, -0.05) is 5.16 Å². The molecule has 0 bridgehead atoms. The molecule has 2 fully saturated rings. The number of aromatic nitrogens is 2. The van der Waals surface area contributed by atoms with Crippen LogP contribution < -0.4 is 4.74 Å². The van der Waals surface area contributed by atoms with Gasteiger partial charge >= 0.3 is 0 Å². The Kier molecular flexibility index (Phi) is 6.39. The highest BCUT2D eigenvalue weighted by molar-refractivity contribution is 5.79. The van der Waals surface area contributed by atoms with Crippen molar-refractivity contribution < 1.29 is 23.2 Å². The van der Waals surface area contributed by atoms with Gasteiger partial charge in [-0.25, -0.2) is 4.39 Å². The second-order valence-electron chi connectivity index (χ2n) is 7.53.